The Morgan fingerprint density at radius 3 is 2.25 bits per heavy atom. The molecule has 2 heterocycles. The van der Waals surface area contributed by atoms with Gasteiger partial charge in [0.05, 0.1) is 26.4 Å². The molecule has 2 saturated heterocycles. The number of amides is 1. The Labute approximate surface area is 165 Å². The van der Waals surface area contributed by atoms with E-state index in [2.05, 4.69) is 11.9 Å². The first-order valence-electron chi connectivity index (χ1n) is 9.61. The Morgan fingerprint density at radius 2 is 1.57 bits per heavy atom. The van der Waals surface area contributed by atoms with Crippen molar-refractivity contribution in [2.24, 2.45) is 5.92 Å². The van der Waals surface area contributed by atoms with E-state index in [-0.39, 0.29) is 11.9 Å². The Morgan fingerprint density at radius 1 is 0.929 bits per heavy atom. The third-order valence-corrected chi connectivity index (χ3v) is 5.43. The number of benzene rings is 2. The van der Waals surface area contributed by atoms with E-state index in [1.807, 2.05) is 53.4 Å². The van der Waals surface area contributed by atoms with Crippen LogP contribution in [0.4, 0.5) is 0 Å². The quantitative estimate of drug-likeness (QED) is 0.814. The van der Waals surface area contributed by atoms with Crippen molar-refractivity contribution < 1.29 is 19.0 Å². The van der Waals surface area contributed by atoms with Gasteiger partial charge in [-0.2, -0.15) is 0 Å². The number of rotatable bonds is 4. The van der Waals surface area contributed by atoms with Crippen molar-refractivity contribution in [2.75, 3.05) is 47.0 Å². The molecule has 2 aromatic rings. The van der Waals surface area contributed by atoms with Gasteiger partial charge in [-0.25, -0.2) is 0 Å². The molecule has 0 saturated carbocycles. The van der Waals surface area contributed by atoms with Crippen LogP contribution in [0, 0.1) is 5.92 Å². The molecule has 2 bridgehead atoms. The van der Waals surface area contributed by atoms with E-state index in [4.69, 9.17) is 14.2 Å². The van der Waals surface area contributed by atoms with E-state index in [1.54, 1.807) is 7.11 Å². The number of carbonyl (C=O) groups is 1. The average molecular weight is 382 g/mol. The maximum Gasteiger partial charge on any atom is 0.253 e. The van der Waals surface area contributed by atoms with E-state index in [0.29, 0.717) is 30.4 Å². The summed E-state index contributed by atoms with van der Waals surface area (Å²) in [6.07, 6.45) is 0. The summed E-state index contributed by atoms with van der Waals surface area (Å²) in [5.41, 5.74) is 0.686. The van der Waals surface area contributed by atoms with Crippen molar-refractivity contribution in [2.45, 2.75) is 6.04 Å². The van der Waals surface area contributed by atoms with Gasteiger partial charge >= 0.3 is 0 Å². The summed E-state index contributed by atoms with van der Waals surface area (Å²) in [5.74, 6) is 2.64. The highest BCUT2D eigenvalue weighted by molar-refractivity contribution is 5.94. The van der Waals surface area contributed by atoms with Crippen molar-refractivity contribution in [3.05, 3.63) is 54.1 Å². The molecule has 2 aliphatic rings. The topological polar surface area (TPSA) is 51.2 Å². The Bertz CT molecular complexity index is 806. The minimum absolute atomic E-state index is 0.0724. The van der Waals surface area contributed by atoms with Gasteiger partial charge in [0.25, 0.3) is 5.91 Å². The average Bonchev–Trinajstić information content (AvgIpc) is 2.97. The number of carbonyl (C=O) groups excluding carboxylic acids is 1. The maximum atomic E-state index is 13.0. The smallest absolute Gasteiger partial charge is 0.253 e. The third kappa shape index (κ3) is 4.13. The van der Waals surface area contributed by atoms with Crippen LogP contribution >= 0.6 is 0 Å². The van der Waals surface area contributed by atoms with Crippen molar-refractivity contribution in [1.82, 2.24) is 9.80 Å². The van der Waals surface area contributed by atoms with Crippen LogP contribution in [0.15, 0.2) is 48.5 Å². The van der Waals surface area contributed by atoms with Crippen LogP contribution < -0.4 is 9.47 Å². The molecule has 0 N–H and O–H groups in total. The molecule has 0 unspecified atom stereocenters. The number of likely N-dealkylation sites (N-methyl/N-ethyl adjacent to an activating group) is 1. The van der Waals surface area contributed by atoms with E-state index in [9.17, 15) is 4.79 Å². The number of hydrogen-bond acceptors (Lipinski definition) is 5. The molecule has 28 heavy (non-hydrogen) atoms. The van der Waals surface area contributed by atoms with Crippen LogP contribution in [0.25, 0.3) is 0 Å². The number of ether oxygens (including phenoxy) is 3. The molecule has 0 aromatic heterocycles. The predicted octanol–water partition coefficient (Wildman–Crippen LogP) is 2.89. The molecule has 6 heteroatoms. The molecule has 2 aromatic carbocycles. The van der Waals surface area contributed by atoms with Crippen molar-refractivity contribution >= 4 is 5.91 Å². The van der Waals surface area contributed by atoms with Gasteiger partial charge in [0.2, 0.25) is 0 Å². The molecule has 0 radical (unpaired) electrons. The summed E-state index contributed by atoms with van der Waals surface area (Å²) in [7, 11) is 3.75. The summed E-state index contributed by atoms with van der Waals surface area (Å²) in [6.45, 7) is 3.83. The zero-order valence-electron chi connectivity index (χ0n) is 16.3. The first-order valence-corrected chi connectivity index (χ1v) is 9.61. The second kappa shape index (κ2) is 8.20. The lowest BCUT2D eigenvalue weighted by Gasteiger charge is -2.29. The fourth-order valence-corrected chi connectivity index (χ4v) is 3.84. The van der Waals surface area contributed by atoms with Gasteiger partial charge in [-0.15, -0.1) is 0 Å². The van der Waals surface area contributed by atoms with Crippen molar-refractivity contribution in [1.29, 1.82) is 0 Å². The van der Waals surface area contributed by atoms with E-state index in [1.165, 1.54) is 0 Å². The van der Waals surface area contributed by atoms with Gasteiger partial charge in [0.1, 0.15) is 17.2 Å². The minimum atomic E-state index is 0.0724. The first-order chi connectivity index (χ1) is 13.6. The summed E-state index contributed by atoms with van der Waals surface area (Å²) < 4.78 is 16.8. The fourth-order valence-electron chi connectivity index (χ4n) is 3.84. The number of fused-ring (bicyclic) bond motifs is 3. The van der Waals surface area contributed by atoms with Crippen molar-refractivity contribution in [3.63, 3.8) is 0 Å². The zero-order chi connectivity index (χ0) is 19.5. The second-order valence-electron chi connectivity index (χ2n) is 7.51. The Balaban J connectivity index is 1.43. The summed E-state index contributed by atoms with van der Waals surface area (Å²) in [4.78, 5) is 17.3. The van der Waals surface area contributed by atoms with Gasteiger partial charge in [-0.3, -0.25) is 9.69 Å². The van der Waals surface area contributed by atoms with E-state index >= 15 is 0 Å². The lowest BCUT2D eigenvalue weighted by Crippen LogP contribution is -2.44. The molecule has 2 aliphatic heterocycles. The van der Waals surface area contributed by atoms with Gasteiger partial charge < -0.3 is 19.1 Å². The first kappa shape index (κ1) is 18.8. The SMILES string of the molecule is COc1ccc(Oc2ccc(C(=O)N3C[C@@H]4COC[C@H](C3)N(C)C4)cc2)cc1. The van der Waals surface area contributed by atoms with Crippen LogP contribution in [-0.4, -0.2) is 68.8 Å². The lowest BCUT2D eigenvalue weighted by molar-refractivity contribution is 0.0433. The van der Waals surface area contributed by atoms with Gasteiger partial charge in [-0.1, -0.05) is 0 Å². The molecule has 2 atom stereocenters. The molecule has 2 fully saturated rings. The molecule has 0 aliphatic carbocycles. The summed E-state index contributed by atoms with van der Waals surface area (Å²) in [6, 6.07) is 15.0. The van der Waals surface area contributed by atoms with Gasteiger partial charge in [0, 0.05) is 31.1 Å². The summed E-state index contributed by atoms with van der Waals surface area (Å²) in [5, 5.41) is 0. The van der Waals surface area contributed by atoms with Gasteiger partial charge in [-0.05, 0) is 55.6 Å². The summed E-state index contributed by atoms with van der Waals surface area (Å²) >= 11 is 0. The Kier molecular flexibility index (Phi) is 5.50. The standard InChI is InChI=1S/C22H26N2O4/c1-23-11-16-12-24(13-18(23)15-27-14-16)22(25)17-3-5-20(6-4-17)28-21-9-7-19(26-2)8-10-21/h3-10,16,18H,11-15H2,1-2H3/t16-,18+/m1/s1. The van der Waals surface area contributed by atoms with E-state index in [0.717, 1.165) is 31.2 Å². The van der Waals surface area contributed by atoms with Crippen molar-refractivity contribution in [3.8, 4) is 17.2 Å². The highest BCUT2D eigenvalue weighted by Gasteiger charge is 2.33. The Hall–Kier alpha value is -2.57. The largest absolute Gasteiger partial charge is 0.497 e. The molecule has 6 nitrogen and oxygen atoms in total. The monoisotopic (exact) mass is 382 g/mol. The molecular weight excluding hydrogens is 356 g/mol. The highest BCUT2D eigenvalue weighted by Crippen LogP contribution is 2.25. The molecule has 148 valence electrons. The van der Waals surface area contributed by atoms with Crippen LogP contribution in [0.5, 0.6) is 17.2 Å². The van der Waals surface area contributed by atoms with Crippen LogP contribution in [-0.2, 0) is 4.74 Å². The normalized spacial score (nSPS) is 22.4. The number of nitrogens with zero attached hydrogens (tertiary/aromatic N) is 2. The maximum absolute atomic E-state index is 13.0. The van der Waals surface area contributed by atoms with Crippen LogP contribution in [0.1, 0.15) is 10.4 Å². The molecule has 4 rings (SSSR count). The molecular formula is C22H26N2O4. The second-order valence-corrected chi connectivity index (χ2v) is 7.51. The zero-order valence-corrected chi connectivity index (χ0v) is 16.3. The third-order valence-electron chi connectivity index (χ3n) is 5.43. The lowest BCUT2D eigenvalue weighted by atomic mass is 10.1. The fraction of sp³-hybridized carbons (Fsp3) is 0.409. The molecule has 0 spiro atoms. The van der Waals surface area contributed by atoms with E-state index < -0.39 is 0 Å². The molecule has 1 amide bonds. The highest BCUT2D eigenvalue weighted by atomic mass is 16.5. The van der Waals surface area contributed by atoms with Gasteiger partial charge in [0.15, 0.2) is 0 Å². The minimum Gasteiger partial charge on any atom is -0.497 e. The predicted molar refractivity (Wildman–Crippen MR) is 106 cm³/mol. The number of methoxy groups -OCH3 is 1. The van der Waals surface area contributed by atoms with Crippen LogP contribution in [0.3, 0.4) is 0 Å². The number of hydrogen-bond donors (Lipinski definition) is 0. The van der Waals surface area contributed by atoms with Crippen LogP contribution in [0.2, 0.25) is 0 Å².